The Labute approximate surface area is 175 Å². The third-order valence-electron chi connectivity index (χ3n) is 5.51. The molecule has 0 aliphatic carbocycles. The second kappa shape index (κ2) is 9.26. The number of hydrogen-bond acceptors (Lipinski definition) is 6. The summed E-state index contributed by atoms with van der Waals surface area (Å²) in [4.78, 5) is 20.3. The molecule has 1 fully saturated rings. The van der Waals surface area contributed by atoms with Crippen molar-refractivity contribution in [3.05, 3.63) is 77.5 Å². The van der Waals surface area contributed by atoms with Crippen LogP contribution in [0.25, 0.3) is 0 Å². The molecule has 2 aromatic heterocycles. The van der Waals surface area contributed by atoms with Crippen molar-refractivity contribution in [2.75, 3.05) is 18.0 Å². The predicted molar refractivity (Wildman–Crippen MR) is 113 cm³/mol. The summed E-state index contributed by atoms with van der Waals surface area (Å²) in [5.74, 6) is 1.57. The minimum atomic E-state index is -0.236. The van der Waals surface area contributed by atoms with E-state index in [-0.39, 0.29) is 17.8 Å². The molecule has 30 heavy (non-hydrogen) atoms. The first-order chi connectivity index (χ1) is 14.6. The number of aromatic nitrogens is 4. The van der Waals surface area contributed by atoms with E-state index in [2.05, 4.69) is 21.8 Å². The van der Waals surface area contributed by atoms with Gasteiger partial charge in [0.05, 0.1) is 17.5 Å². The Balaban J connectivity index is 1.59. The predicted octanol–water partition coefficient (Wildman–Crippen LogP) is 3.30. The largest absolute Gasteiger partial charge is 0.393 e. The number of halogens is 1. The van der Waals surface area contributed by atoms with Crippen LogP contribution >= 0.6 is 0 Å². The van der Waals surface area contributed by atoms with Gasteiger partial charge in [0.1, 0.15) is 17.5 Å². The quantitative estimate of drug-likeness (QED) is 0.676. The van der Waals surface area contributed by atoms with Crippen LogP contribution in [0.2, 0.25) is 0 Å². The third-order valence-corrected chi connectivity index (χ3v) is 5.51. The molecule has 1 atom stereocenters. The van der Waals surface area contributed by atoms with Crippen LogP contribution in [0, 0.1) is 5.82 Å². The number of hydrogen-bond donors (Lipinski definition) is 1. The SMILES string of the molecule is C[C@H](Cc1nc(Cc2cnccn2)cc(N2CCC(O)CC2)n1)c1ccc(F)cc1. The maximum Gasteiger partial charge on any atom is 0.132 e. The molecule has 1 aromatic carbocycles. The van der Waals surface area contributed by atoms with Crippen molar-refractivity contribution < 1.29 is 9.50 Å². The van der Waals surface area contributed by atoms with Gasteiger partial charge in [-0.15, -0.1) is 0 Å². The standard InChI is InChI=1S/C23H26FN5O/c1-16(17-2-4-18(24)5-3-17)12-22-27-19(13-20-15-25-8-9-26-20)14-23(28-22)29-10-6-21(30)7-11-29/h2-5,8-9,14-16,21,30H,6-7,10-13H2,1H3/t16-/m1/s1. The zero-order valence-corrected chi connectivity index (χ0v) is 17.1. The summed E-state index contributed by atoms with van der Waals surface area (Å²) in [5.41, 5.74) is 2.81. The number of benzene rings is 1. The van der Waals surface area contributed by atoms with E-state index in [4.69, 9.17) is 9.97 Å². The topological polar surface area (TPSA) is 75.0 Å². The molecule has 6 nitrogen and oxygen atoms in total. The van der Waals surface area contributed by atoms with E-state index >= 15 is 0 Å². The van der Waals surface area contributed by atoms with Gasteiger partial charge in [0, 0.05) is 50.6 Å². The Morgan fingerprint density at radius 1 is 1.10 bits per heavy atom. The van der Waals surface area contributed by atoms with Crippen LogP contribution in [-0.4, -0.2) is 44.2 Å². The molecule has 1 aliphatic heterocycles. The molecule has 156 valence electrons. The number of anilines is 1. The van der Waals surface area contributed by atoms with E-state index in [1.54, 1.807) is 18.6 Å². The lowest BCUT2D eigenvalue weighted by Gasteiger charge is -2.31. The van der Waals surface area contributed by atoms with Crippen LogP contribution in [0.3, 0.4) is 0 Å². The lowest BCUT2D eigenvalue weighted by molar-refractivity contribution is 0.145. The number of aliphatic hydroxyl groups is 1. The first-order valence-electron chi connectivity index (χ1n) is 10.4. The Morgan fingerprint density at radius 2 is 1.87 bits per heavy atom. The van der Waals surface area contributed by atoms with E-state index in [9.17, 15) is 9.50 Å². The summed E-state index contributed by atoms with van der Waals surface area (Å²) in [6.45, 7) is 3.65. The van der Waals surface area contributed by atoms with Gasteiger partial charge in [-0.05, 0) is 36.5 Å². The van der Waals surface area contributed by atoms with Crippen molar-refractivity contribution in [3.63, 3.8) is 0 Å². The van der Waals surface area contributed by atoms with Crippen LogP contribution < -0.4 is 4.90 Å². The molecule has 0 amide bonds. The first kappa shape index (κ1) is 20.3. The molecule has 0 radical (unpaired) electrons. The van der Waals surface area contributed by atoms with E-state index < -0.39 is 0 Å². The van der Waals surface area contributed by atoms with E-state index in [0.29, 0.717) is 12.8 Å². The molecule has 4 rings (SSSR count). The molecule has 3 heterocycles. The molecule has 7 heteroatoms. The highest BCUT2D eigenvalue weighted by atomic mass is 19.1. The highest BCUT2D eigenvalue weighted by Crippen LogP contribution is 2.23. The minimum absolute atomic E-state index is 0.161. The van der Waals surface area contributed by atoms with Crippen molar-refractivity contribution >= 4 is 5.82 Å². The zero-order valence-electron chi connectivity index (χ0n) is 17.1. The van der Waals surface area contributed by atoms with Gasteiger partial charge in [0.2, 0.25) is 0 Å². The molecule has 1 saturated heterocycles. The van der Waals surface area contributed by atoms with Gasteiger partial charge in [-0.2, -0.15) is 0 Å². The Morgan fingerprint density at radius 3 is 2.57 bits per heavy atom. The summed E-state index contributed by atoms with van der Waals surface area (Å²) in [6.07, 6.45) is 7.57. The monoisotopic (exact) mass is 407 g/mol. The molecular weight excluding hydrogens is 381 g/mol. The van der Waals surface area contributed by atoms with Crippen LogP contribution in [0.5, 0.6) is 0 Å². The molecule has 3 aromatic rings. The van der Waals surface area contributed by atoms with Crippen molar-refractivity contribution in [1.29, 1.82) is 0 Å². The number of nitrogens with zero attached hydrogens (tertiary/aromatic N) is 5. The summed E-state index contributed by atoms with van der Waals surface area (Å²) >= 11 is 0. The second-order valence-electron chi connectivity index (χ2n) is 7.88. The molecule has 0 saturated carbocycles. The lowest BCUT2D eigenvalue weighted by atomic mass is 9.97. The van der Waals surface area contributed by atoms with Crippen molar-refractivity contribution in [3.8, 4) is 0 Å². The van der Waals surface area contributed by atoms with Crippen LogP contribution in [-0.2, 0) is 12.8 Å². The average molecular weight is 407 g/mol. The van der Waals surface area contributed by atoms with Crippen LogP contribution in [0.15, 0.2) is 48.9 Å². The van der Waals surface area contributed by atoms with Crippen LogP contribution in [0.1, 0.15) is 48.5 Å². The fourth-order valence-electron chi connectivity index (χ4n) is 3.77. The average Bonchev–Trinajstić information content (AvgIpc) is 2.75. The fourth-order valence-corrected chi connectivity index (χ4v) is 3.77. The van der Waals surface area contributed by atoms with E-state index in [1.165, 1.54) is 12.1 Å². The lowest BCUT2D eigenvalue weighted by Crippen LogP contribution is -2.36. The van der Waals surface area contributed by atoms with Gasteiger partial charge in [-0.25, -0.2) is 14.4 Å². The number of rotatable bonds is 6. The van der Waals surface area contributed by atoms with Gasteiger partial charge in [-0.3, -0.25) is 9.97 Å². The summed E-state index contributed by atoms with van der Waals surface area (Å²) in [6, 6.07) is 8.62. The third kappa shape index (κ3) is 5.16. The summed E-state index contributed by atoms with van der Waals surface area (Å²) in [7, 11) is 0. The Kier molecular flexibility index (Phi) is 6.28. The van der Waals surface area contributed by atoms with Gasteiger partial charge in [0.15, 0.2) is 0 Å². The molecule has 1 N–H and O–H groups in total. The van der Waals surface area contributed by atoms with Crippen molar-refractivity contribution in [1.82, 2.24) is 19.9 Å². The fraction of sp³-hybridized carbons (Fsp3) is 0.391. The van der Waals surface area contributed by atoms with Gasteiger partial charge in [-0.1, -0.05) is 19.1 Å². The Bertz CT molecular complexity index is 959. The van der Waals surface area contributed by atoms with Gasteiger partial charge in [0.25, 0.3) is 0 Å². The van der Waals surface area contributed by atoms with Crippen LogP contribution in [0.4, 0.5) is 10.2 Å². The summed E-state index contributed by atoms with van der Waals surface area (Å²) in [5, 5.41) is 9.84. The zero-order chi connectivity index (χ0) is 20.9. The molecule has 0 unspecified atom stereocenters. The maximum absolute atomic E-state index is 13.3. The highest BCUT2D eigenvalue weighted by molar-refractivity contribution is 5.41. The van der Waals surface area contributed by atoms with Crippen molar-refractivity contribution in [2.24, 2.45) is 0 Å². The molecule has 0 spiro atoms. The first-order valence-corrected chi connectivity index (χ1v) is 10.4. The van der Waals surface area contributed by atoms with E-state index in [1.807, 2.05) is 18.2 Å². The van der Waals surface area contributed by atoms with E-state index in [0.717, 1.165) is 54.5 Å². The Hall–Kier alpha value is -2.93. The molecule has 1 aliphatic rings. The maximum atomic E-state index is 13.3. The highest BCUT2D eigenvalue weighted by Gasteiger charge is 2.20. The van der Waals surface area contributed by atoms with Crippen molar-refractivity contribution in [2.45, 2.75) is 44.6 Å². The minimum Gasteiger partial charge on any atom is -0.393 e. The number of aliphatic hydroxyl groups excluding tert-OH is 1. The summed E-state index contributed by atoms with van der Waals surface area (Å²) < 4.78 is 13.3. The van der Waals surface area contributed by atoms with Gasteiger partial charge >= 0.3 is 0 Å². The second-order valence-corrected chi connectivity index (χ2v) is 7.88. The molecular formula is C23H26FN5O. The van der Waals surface area contributed by atoms with Gasteiger partial charge < -0.3 is 10.0 Å². The number of piperidine rings is 1. The smallest absolute Gasteiger partial charge is 0.132 e. The normalized spacial score (nSPS) is 15.9. The molecule has 0 bridgehead atoms.